The normalized spacial score (nSPS) is 10.4. The maximum absolute atomic E-state index is 11.6. The molecular weight excluding hydrogens is 362 g/mol. The average Bonchev–Trinajstić information content (AvgIpc) is 2.75. The molecule has 0 aliphatic heterocycles. The molecule has 2 N–H and O–H groups in total. The number of rotatable bonds is 9. The summed E-state index contributed by atoms with van der Waals surface area (Å²) in [5.41, 5.74) is 4.42. The lowest BCUT2D eigenvalue weighted by atomic mass is 10.0. The Balaban J connectivity index is 1.90. The van der Waals surface area contributed by atoms with Gasteiger partial charge < -0.3 is 15.2 Å². The number of carbonyl (C=O) groups is 1. The number of hydrogen-bond donors (Lipinski definition) is 2. The standard InChI is InChI=1S/C25H25NO3/c1-3-4-14-29-25-13-12-22(28)16-23(25)18(2)26-24-15-20(10-11-21(24)17-27)19-8-6-5-7-9-19/h5-13,15-17,26,28H,2-4,14H2,1H3. The van der Waals surface area contributed by atoms with Gasteiger partial charge in [-0.05, 0) is 47.9 Å². The van der Waals surface area contributed by atoms with E-state index in [9.17, 15) is 9.90 Å². The minimum Gasteiger partial charge on any atom is -0.508 e. The van der Waals surface area contributed by atoms with Gasteiger partial charge in [0.25, 0.3) is 0 Å². The van der Waals surface area contributed by atoms with Gasteiger partial charge in [0.15, 0.2) is 6.29 Å². The molecule has 0 aliphatic rings. The van der Waals surface area contributed by atoms with Gasteiger partial charge in [-0.1, -0.05) is 56.3 Å². The van der Waals surface area contributed by atoms with Gasteiger partial charge in [-0.2, -0.15) is 0 Å². The Kier molecular flexibility index (Phi) is 6.69. The van der Waals surface area contributed by atoms with Crippen LogP contribution >= 0.6 is 0 Å². The summed E-state index contributed by atoms with van der Waals surface area (Å²) in [5.74, 6) is 0.764. The van der Waals surface area contributed by atoms with Gasteiger partial charge >= 0.3 is 0 Å². The predicted octanol–water partition coefficient (Wildman–Crippen LogP) is 6.13. The molecule has 3 rings (SSSR count). The molecule has 0 bridgehead atoms. The first-order valence-electron chi connectivity index (χ1n) is 9.69. The van der Waals surface area contributed by atoms with Crippen LogP contribution in [-0.2, 0) is 0 Å². The van der Waals surface area contributed by atoms with Crippen LogP contribution in [0.3, 0.4) is 0 Å². The van der Waals surface area contributed by atoms with Crippen LogP contribution in [0.25, 0.3) is 16.8 Å². The van der Waals surface area contributed by atoms with Crippen molar-refractivity contribution in [2.45, 2.75) is 19.8 Å². The Morgan fingerprint density at radius 2 is 1.86 bits per heavy atom. The molecular formula is C25H25NO3. The van der Waals surface area contributed by atoms with Crippen molar-refractivity contribution in [1.82, 2.24) is 0 Å². The number of nitrogens with one attached hydrogen (secondary N) is 1. The summed E-state index contributed by atoms with van der Waals surface area (Å²) in [6, 6.07) is 20.5. The fourth-order valence-corrected chi connectivity index (χ4v) is 3.01. The summed E-state index contributed by atoms with van der Waals surface area (Å²) in [7, 11) is 0. The highest BCUT2D eigenvalue weighted by Gasteiger charge is 2.12. The van der Waals surface area contributed by atoms with Gasteiger partial charge in [0.05, 0.1) is 6.61 Å². The molecule has 0 unspecified atom stereocenters. The number of hydrogen-bond acceptors (Lipinski definition) is 4. The van der Waals surface area contributed by atoms with Crippen LogP contribution in [0, 0.1) is 0 Å². The Labute approximate surface area is 171 Å². The van der Waals surface area contributed by atoms with Gasteiger partial charge in [0.2, 0.25) is 0 Å². The van der Waals surface area contributed by atoms with Gasteiger partial charge in [0.1, 0.15) is 11.5 Å². The summed E-state index contributed by atoms with van der Waals surface area (Å²) >= 11 is 0. The van der Waals surface area contributed by atoms with Gasteiger partial charge in [-0.3, -0.25) is 4.79 Å². The summed E-state index contributed by atoms with van der Waals surface area (Å²) in [5, 5.41) is 13.2. The summed E-state index contributed by atoms with van der Waals surface area (Å²) < 4.78 is 5.86. The molecule has 3 aromatic carbocycles. The van der Waals surface area contributed by atoms with Crippen LogP contribution in [0.4, 0.5) is 5.69 Å². The smallest absolute Gasteiger partial charge is 0.152 e. The first kappa shape index (κ1) is 20.2. The number of carbonyl (C=O) groups excluding carboxylic acids is 1. The fraction of sp³-hybridized carbons (Fsp3) is 0.160. The third-order valence-electron chi connectivity index (χ3n) is 4.62. The number of aldehydes is 1. The number of phenolic OH excluding ortho intramolecular Hbond substituents is 1. The number of anilines is 1. The van der Waals surface area contributed by atoms with Crippen molar-refractivity contribution < 1.29 is 14.6 Å². The number of phenols is 1. The highest BCUT2D eigenvalue weighted by atomic mass is 16.5. The third-order valence-corrected chi connectivity index (χ3v) is 4.62. The van der Waals surface area contributed by atoms with Crippen LogP contribution in [0.15, 0.2) is 73.3 Å². The summed E-state index contributed by atoms with van der Waals surface area (Å²) in [4.78, 5) is 11.6. The molecule has 0 radical (unpaired) electrons. The molecule has 0 heterocycles. The minimum absolute atomic E-state index is 0.124. The van der Waals surface area contributed by atoms with E-state index in [1.54, 1.807) is 24.3 Å². The Morgan fingerprint density at radius 1 is 1.07 bits per heavy atom. The lowest BCUT2D eigenvalue weighted by Gasteiger charge is -2.17. The second-order valence-electron chi connectivity index (χ2n) is 6.77. The topological polar surface area (TPSA) is 58.6 Å². The largest absolute Gasteiger partial charge is 0.508 e. The van der Waals surface area contributed by atoms with Crippen LogP contribution < -0.4 is 10.1 Å². The maximum atomic E-state index is 11.6. The molecule has 4 heteroatoms. The number of ether oxygens (including phenoxy) is 1. The first-order valence-corrected chi connectivity index (χ1v) is 9.69. The van der Waals surface area contributed by atoms with E-state index < -0.39 is 0 Å². The molecule has 0 atom stereocenters. The predicted molar refractivity (Wildman–Crippen MR) is 118 cm³/mol. The third kappa shape index (κ3) is 5.05. The zero-order valence-corrected chi connectivity index (χ0v) is 16.5. The molecule has 0 aliphatic carbocycles. The van der Waals surface area contributed by atoms with E-state index >= 15 is 0 Å². The molecule has 0 amide bonds. The van der Waals surface area contributed by atoms with Crippen molar-refractivity contribution in [3.8, 4) is 22.6 Å². The molecule has 0 aromatic heterocycles. The van der Waals surface area contributed by atoms with Crippen molar-refractivity contribution >= 4 is 17.7 Å². The number of unbranched alkanes of at least 4 members (excludes halogenated alkanes) is 1. The number of aromatic hydroxyl groups is 1. The number of benzene rings is 3. The van der Waals surface area contributed by atoms with E-state index in [4.69, 9.17) is 4.74 Å². The molecule has 3 aromatic rings. The second kappa shape index (κ2) is 9.60. The van der Waals surface area contributed by atoms with E-state index in [-0.39, 0.29) is 5.75 Å². The maximum Gasteiger partial charge on any atom is 0.152 e. The highest BCUT2D eigenvalue weighted by molar-refractivity contribution is 5.91. The quantitative estimate of drug-likeness (QED) is 0.342. The van der Waals surface area contributed by atoms with E-state index in [1.165, 1.54) is 0 Å². The molecule has 0 saturated heterocycles. The lowest BCUT2D eigenvalue weighted by Crippen LogP contribution is -2.05. The monoisotopic (exact) mass is 387 g/mol. The van der Waals surface area contributed by atoms with Crippen molar-refractivity contribution in [2.24, 2.45) is 0 Å². The van der Waals surface area contributed by atoms with Crippen LogP contribution in [0.2, 0.25) is 0 Å². The fourth-order valence-electron chi connectivity index (χ4n) is 3.01. The molecule has 0 spiro atoms. The van der Waals surface area contributed by atoms with E-state index in [1.807, 2.05) is 42.5 Å². The summed E-state index contributed by atoms with van der Waals surface area (Å²) in [6.07, 6.45) is 2.78. The average molecular weight is 387 g/mol. The summed E-state index contributed by atoms with van der Waals surface area (Å²) in [6.45, 7) is 6.80. The Hall–Kier alpha value is -3.53. The zero-order chi connectivity index (χ0) is 20.6. The van der Waals surface area contributed by atoms with E-state index in [0.717, 1.165) is 30.3 Å². The zero-order valence-electron chi connectivity index (χ0n) is 16.5. The molecule has 0 fully saturated rings. The molecule has 0 saturated carbocycles. The van der Waals surface area contributed by atoms with Crippen molar-refractivity contribution in [1.29, 1.82) is 0 Å². The molecule has 29 heavy (non-hydrogen) atoms. The van der Waals surface area contributed by atoms with Gasteiger partial charge in [-0.25, -0.2) is 0 Å². The minimum atomic E-state index is 0.124. The first-order chi connectivity index (χ1) is 14.1. The highest BCUT2D eigenvalue weighted by Crippen LogP contribution is 2.32. The SMILES string of the molecule is C=C(Nc1cc(-c2ccccc2)ccc1C=O)c1cc(O)ccc1OCCCC. The van der Waals surface area contributed by atoms with Crippen LogP contribution in [-0.4, -0.2) is 18.0 Å². The van der Waals surface area contributed by atoms with Gasteiger partial charge in [0, 0.05) is 22.5 Å². The van der Waals surface area contributed by atoms with Gasteiger partial charge in [-0.15, -0.1) is 0 Å². The molecule has 4 nitrogen and oxygen atoms in total. The van der Waals surface area contributed by atoms with Crippen LogP contribution in [0.1, 0.15) is 35.7 Å². The lowest BCUT2D eigenvalue weighted by molar-refractivity contribution is 0.112. The van der Waals surface area contributed by atoms with Crippen molar-refractivity contribution in [2.75, 3.05) is 11.9 Å². The van der Waals surface area contributed by atoms with Crippen LogP contribution in [0.5, 0.6) is 11.5 Å². The van der Waals surface area contributed by atoms with E-state index in [0.29, 0.717) is 34.9 Å². The van der Waals surface area contributed by atoms with Crippen molar-refractivity contribution in [3.63, 3.8) is 0 Å². The Morgan fingerprint density at radius 3 is 2.59 bits per heavy atom. The molecule has 148 valence electrons. The second-order valence-corrected chi connectivity index (χ2v) is 6.77. The van der Waals surface area contributed by atoms with Crippen molar-refractivity contribution in [3.05, 3.63) is 84.4 Å². The Bertz CT molecular complexity index is 996. The van der Waals surface area contributed by atoms with E-state index in [2.05, 4.69) is 18.8 Å².